The molecule has 2 heterocycles. The first-order valence-electron chi connectivity index (χ1n) is 7.13. The van der Waals surface area contributed by atoms with Gasteiger partial charge in [-0.15, -0.1) is 0 Å². The molecule has 1 aromatic rings. The molecule has 0 spiro atoms. The molecule has 0 bridgehead atoms. The third-order valence-corrected chi connectivity index (χ3v) is 7.21. The van der Waals surface area contributed by atoms with Crippen molar-refractivity contribution in [3.8, 4) is 11.5 Å². The van der Waals surface area contributed by atoms with Crippen LogP contribution in [0.5, 0.6) is 11.5 Å². The topological polar surface area (TPSA) is 64.8 Å². The summed E-state index contributed by atoms with van der Waals surface area (Å²) in [6, 6.07) is 3.65. The Labute approximate surface area is 119 Å². The van der Waals surface area contributed by atoms with Crippen molar-refractivity contribution < 1.29 is 14.0 Å². The summed E-state index contributed by atoms with van der Waals surface area (Å²) in [5.41, 5.74) is 6.48. The second-order valence-electron chi connectivity index (χ2n) is 5.30. The van der Waals surface area contributed by atoms with E-state index in [9.17, 15) is 4.57 Å². The largest absolute Gasteiger partial charge is 0.485 e. The highest BCUT2D eigenvalue weighted by atomic mass is 31.2. The van der Waals surface area contributed by atoms with Crippen LogP contribution < -0.4 is 20.5 Å². The smallest absolute Gasteiger partial charge is 0.185 e. The minimum Gasteiger partial charge on any atom is -0.485 e. The van der Waals surface area contributed by atoms with Crippen LogP contribution in [-0.2, 0) is 4.57 Å². The van der Waals surface area contributed by atoms with Gasteiger partial charge in [0.2, 0.25) is 0 Å². The van der Waals surface area contributed by atoms with E-state index in [0.717, 1.165) is 24.9 Å². The number of rotatable bonds is 2. The fourth-order valence-electron chi connectivity index (χ4n) is 2.85. The Morgan fingerprint density at radius 3 is 2.50 bits per heavy atom. The third-order valence-electron chi connectivity index (χ3n) is 4.14. The monoisotopic (exact) mass is 296 g/mol. The number of nitrogens with two attached hydrogens (primary N) is 1. The quantitative estimate of drug-likeness (QED) is 0.659. The van der Waals surface area contributed by atoms with E-state index in [4.69, 9.17) is 15.2 Å². The maximum absolute atomic E-state index is 13.3. The van der Waals surface area contributed by atoms with Gasteiger partial charge in [-0.2, -0.15) is 0 Å². The van der Waals surface area contributed by atoms with Gasteiger partial charge in [0.25, 0.3) is 0 Å². The summed E-state index contributed by atoms with van der Waals surface area (Å²) in [5.74, 6) is 1.19. The highest BCUT2D eigenvalue weighted by molar-refractivity contribution is 7.71. The molecule has 6 heteroatoms. The first kappa shape index (κ1) is 13.8. The maximum atomic E-state index is 13.3. The van der Waals surface area contributed by atoms with Crippen molar-refractivity contribution in [3.05, 3.63) is 12.1 Å². The van der Waals surface area contributed by atoms with Crippen LogP contribution in [0.1, 0.15) is 6.92 Å². The van der Waals surface area contributed by atoms with Crippen molar-refractivity contribution in [2.45, 2.75) is 6.92 Å². The van der Waals surface area contributed by atoms with Gasteiger partial charge in [-0.25, -0.2) is 0 Å². The van der Waals surface area contributed by atoms with Crippen LogP contribution >= 0.6 is 7.14 Å². The number of benzene rings is 1. The van der Waals surface area contributed by atoms with Crippen LogP contribution in [0.15, 0.2) is 12.1 Å². The standard InChI is InChI=1S/C14H21N2O3P/c1-2-16-5-9-20(17,10-6-16)12-4-3-11(15)13-14(12)19-8-7-18-13/h3-4H,2,5-10,15H2,1H3. The van der Waals surface area contributed by atoms with E-state index >= 15 is 0 Å². The molecule has 5 nitrogen and oxygen atoms in total. The molecule has 20 heavy (non-hydrogen) atoms. The van der Waals surface area contributed by atoms with E-state index in [1.807, 2.05) is 6.07 Å². The minimum absolute atomic E-state index is 0.491. The molecule has 0 amide bonds. The van der Waals surface area contributed by atoms with Crippen LogP contribution in [0, 0.1) is 0 Å². The molecule has 1 aromatic carbocycles. The third kappa shape index (κ3) is 2.29. The molecule has 0 saturated carbocycles. The van der Waals surface area contributed by atoms with Crippen molar-refractivity contribution >= 4 is 18.1 Å². The number of ether oxygens (including phenoxy) is 2. The zero-order valence-electron chi connectivity index (χ0n) is 11.8. The summed E-state index contributed by atoms with van der Waals surface area (Å²) in [6.07, 6.45) is 1.42. The van der Waals surface area contributed by atoms with Gasteiger partial charge in [-0.05, 0) is 18.7 Å². The molecular weight excluding hydrogens is 275 g/mol. The molecule has 3 rings (SSSR count). The lowest BCUT2D eigenvalue weighted by atomic mass is 10.2. The van der Waals surface area contributed by atoms with Crippen LogP contribution in [0.2, 0.25) is 0 Å². The fourth-order valence-corrected chi connectivity index (χ4v) is 5.65. The van der Waals surface area contributed by atoms with Gasteiger partial charge in [-0.1, -0.05) is 6.92 Å². The van der Waals surface area contributed by atoms with E-state index < -0.39 is 7.14 Å². The van der Waals surface area contributed by atoms with Crippen LogP contribution in [0.25, 0.3) is 0 Å². The SMILES string of the molecule is CCN1CCP(=O)(c2ccc(N)c3c2OCCO3)CC1. The highest BCUT2D eigenvalue weighted by Crippen LogP contribution is 2.51. The van der Waals surface area contributed by atoms with E-state index in [-0.39, 0.29) is 0 Å². The summed E-state index contributed by atoms with van der Waals surface area (Å²) < 4.78 is 24.6. The van der Waals surface area contributed by atoms with Gasteiger partial charge in [-0.3, -0.25) is 0 Å². The van der Waals surface area contributed by atoms with Gasteiger partial charge in [0, 0.05) is 25.4 Å². The van der Waals surface area contributed by atoms with E-state index in [1.54, 1.807) is 6.07 Å². The average Bonchev–Trinajstić information content (AvgIpc) is 2.48. The fraction of sp³-hybridized carbons (Fsp3) is 0.571. The van der Waals surface area contributed by atoms with E-state index in [1.165, 1.54) is 0 Å². The molecule has 0 radical (unpaired) electrons. The zero-order valence-corrected chi connectivity index (χ0v) is 12.7. The molecule has 0 aromatic heterocycles. The molecule has 0 unspecified atom stereocenters. The Bertz CT molecular complexity index is 550. The molecule has 1 fully saturated rings. The van der Waals surface area contributed by atoms with Gasteiger partial charge >= 0.3 is 0 Å². The normalized spacial score (nSPS) is 21.6. The molecule has 2 N–H and O–H groups in total. The molecule has 0 aliphatic carbocycles. The minimum atomic E-state index is -2.40. The summed E-state index contributed by atoms with van der Waals surface area (Å²) in [6.45, 7) is 5.90. The second-order valence-corrected chi connectivity index (χ2v) is 8.45. The number of nitrogen functional groups attached to an aromatic ring is 1. The predicted octanol–water partition coefficient (Wildman–Crippen LogP) is 1.36. The summed E-state index contributed by atoms with van der Waals surface area (Å²) in [5, 5.41) is 0.817. The Kier molecular flexibility index (Phi) is 3.65. The lowest BCUT2D eigenvalue weighted by molar-refractivity contribution is 0.174. The van der Waals surface area contributed by atoms with Crippen LogP contribution in [-0.4, -0.2) is 50.1 Å². The molecule has 110 valence electrons. The van der Waals surface area contributed by atoms with Crippen molar-refractivity contribution in [2.75, 3.05) is 50.9 Å². The summed E-state index contributed by atoms with van der Waals surface area (Å²) in [4.78, 5) is 2.33. The van der Waals surface area contributed by atoms with Crippen LogP contribution in [0.3, 0.4) is 0 Å². The molecule has 2 aliphatic rings. The van der Waals surface area contributed by atoms with Crippen molar-refractivity contribution in [1.29, 1.82) is 0 Å². The predicted molar refractivity (Wildman–Crippen MR) is 80.9 cm³/mol. The molecule has 2 aliphatic heterocycles. The van der Waals surface area contributed by atoms with Crippen molar-refractivity contribution in [2.24, 2.45) is 0 Å². The van der Waals surface area contributed by atoms with Gasteiger partial charge in [0.05, 0.1) is 11.0 Å². The summed E-state index contributed by atoms with van der Waals surface area (Å²) in [7, 11) is -2.40. The number of hydrogen-bond acceptors (Lipinski definition) is 5. The second kappa shape index (κ2) is 5.30. The Morgan fingerprint density at radius 2 is 1.85 bits per heavy atom. The number of nitrogens with zero attached hydrogens (tertiary/aromatic N) is 1. The van der Waals surface area contributed by atoms with Crippen LogP contribution in [0.4, 0.5) is 5.69 Å². The molecule has 0 atom stereocenters. The maximum Gasteiger partial charge on any atom is 0.185 e. The van der Waals surface area contributed by atoms with Gasteiger partial charge < -0.3 is 24.7 Å². The highest BCUT2D eigenvalue weighted by Gasteiger charge is 2.35. The van der Waals surface area contributed by atoms with Gasteiger partial charge in [0.15, 0.2) is 11.5 Å². The average molecular weight is 296 g/mol. The summed E-state index contributed by atoms with van der Waals surface area (Å²) >= 11 is 0. The molecular formula is C14H21N2O3P. The number of hydrogen-bond donors (Lipinski definition) is 1. The van der Waals surface area contributed by atoms with Crippen molar-refractivity contribution in [1.82, 2.24) is 4.90 Å². The first-order chi connectivity index (χ1) is 9.64. The van der Waals surface area contributed by atoms with E-state index in [0.29, 0.717) is 42.7 Å². The first-order valence-corrected chi connectivity index (χ1v) is 9.21. The van der Waals surface area contributed by atoms with E-state index in [2.05, 4.69) is 11.8 Å². The Balaban J connectivity index is 1.96. The lowest BCUT2D eigenvalue weighted by Crippen LogP contribution is -2.37. The lowest BCUT2D eigenvalue weighted by Gasteiger charge is -2.33. The van der Waals surface area contributed by atoms with Gasteiger partial charge in [0.1, 0.15) is 20.4 Å². The zero-order chi connectivity index (χ0) is 14.2. The molecule has 1 saturated heterocycles. The Hall–Kier alpha value is -1.19. The Morgan fingerprint density at radius 1 is 1.20 bits per heavy atom. The van der Waals surface area contributed by atoms with Crippen molar-refractivity contribution in [3.63, 3.8) is 0 Å². The number of anilines is 1. The number of fused-ring (bicyclic) bond motifs is 1.